The second-order valence-electron chi connectivity index (χ2n) is 1.71. The minimum Gasteiger partial charge on any atom is -0.488 e. The van der Waals surface area contributed by atoms with Gasteiger partial charge < -0.3 is 9.15 Å². The van der Waals surface area contributed by atoms with Crippen molar-refractivity contribution < 1.29 is 22.7 Å². The van der Waals surface area contributed by atoms with Crippen molar-refractivity contribution in [3.8, 4) is 5.75 Å². The van der Waals surface area contributed by atoms with Gasteiger partial charge in [-0.25, -0.2) is 0 Å². The summed E-state index contributed by atoms with van der Waals surface area (Å²) < 4.78 is 33.3. The van der Waals surface area contributed by atoms with Crippen LogP contribution in [0.25, 0.3) is 0 Å². The number of ether oxygens (including phenoxy) is 1. The number of methoxy groups -OCH3 is 1. The smallest absolute Gasteiger partial charge is 0.324 e. The Morgan fingerprint density at radius 1 is 1.55 bits per heavy atom. The third-order valence-electron chi connectivity index (χ3n) is 1.10. The average Bonchev–Trinajstić information content (AvgIpc) is 2.26. The Balaban J connectivity index is 3.24. The van der Waals surface area contributed by atoms with Crippen molar-refractivity contribution in [3.63, 3.8) is 0 Å². The summed E-state index contributed by atoms with van der Waals surface area (Å²) in [4.78, 5) is 9.95. The van der Waals surface area contributed by atoms with E-state index in [9.17, 15) is 13.6 Å². The van der Waals surface area contributed by atoms with Gasteiger partial charge >= 0.3 is 6.01 Å². The van der Waals surface area contributed by atoms with Gasteiger partial charge in [-0.2, -0.15) is 8.78 Å². The molecule has 0 N–H and O–H groups in total. The van der Waals surface area contributed by atoms with Crippen LogP contribution in [0.4, 0.5) is 8.78 Å². The molecule has 1 aromatic heterocycles. The van der Waals surface area contributed by atoms with Gasteiger partial charge in [0.25, 0.3) is 0 Å². The van der Waals surface area contributed by atoms with E-state index in [4.69, 9.17) is 0 Å². The van der Waals surface area contributed by atoms with E-state index >= 15 is 0 Å². The minimum atomic E-state index is -1.23. The lowest BCUT2D eigenvalue weighted by molar-refractivity contribution is 0.108. The van der Waals surface area contributed by atoms with E-state index in [-0.39, 0.29) is 6.29 Å². The van der Waals surface area contributed by atoms with Crippen LogP contribution < -0.4 is 4.74 Å². The maximum Gasteiger partial charge on any atom is 0.324 e. The van der Waals surface area contributed by atoms with Crippen molar-refractivity contribution in [3.05, 3.63) is 17.6 Å². The Morgan fingerprint density at radius 3 is 2.45 bits per heavy atom. The van der Waals surface area contributed by atoms with Gasteiger partial charge in [-0.15, -0.1) is 0 Å². The fraction of sp³-hybridized carbons (Fsp3) is 0.167. The zero-order chi connectivity index (χ0) is 8.43. The summed E-state index contributed by atoms with van der Waals surface area (Å²) in [5.74, 6) is -2.48. The summed E-state index contributed by atoms with van der Waals surface area (Å²) in [5, 5.41) is 0. The second-order valence-corrected chi connectivity index (χ2v) is 1.71. The molecule has 1 heterocycles. The van der Waals surface area contributed by atoms with E-state index in [1.807, 2.05) is 0 Å². The van der Waals surface area contributed by atoms with E-state index in [2.05, 4.69) is 9.15 Å². The third kappa shape index (κ3) is 1.09. The molecule has 0 aliphatic heterocycles. The van der Waals surface area contributed by atoms with E-state index in [0.717, 1.165) is 7.11 Å². The molecule has 0 bridgehead atoms. The maximum absolute atomic E-state index is 12.6. The average molecular weight is 162 g/mol. The summed E-state index contributed by atoms with van der Waals surface area (Å²) >= 11 is 0. The normalized spacial score (nSPS) is 9.73. The molecular weight excluding hydrogens is 158 g/mol. The highest BCUT2D eigenvalue weighted by Gasteiger charge is 2.20. The van der Waals surface area contributed by atoms with Crippen LogP contribution in [-0.4, -0.2) is 13.4 Å². The van der Waals surface area contributed by atoms with E-state index in [0.29, 0.717) is 0 Å². The molecule has 5 heteroatoms. The lowest BCUT2D eigenvalue weighted by Crippen LogP contribution is -1.86. The molecule has 0 aliphatic carbocycles. The quantitative estimate of drug-likeness (QED) is 0.616. The molecule has 11 heavy (non-hydrogen) atoms. The van der Waals surface area contributed by atoms with Gasteiger partial charge in [-0.05, 0) is 0 Å². The molecule has 0 aliphatic rings. The van der Waals surface area contributed by atoms with Crippen LogP contribution in [-0.2, 0) is 0 Å². The molecule has 0 fully saturated rings. The van der Waals surface area contributed by atoms with Crippen molar-refractivity contribution in [2.45, 2.75) is 0 Å². The lowest BCUT2D eigenvalue weighted by Gasteiger charge is -1.90. The third-order valence-corrected chi connectivity index (χ3v) is 1.10. The summed E-state index contributed by atoms with van der Waals surface area (Å²) in [6.45, 7) is 0. The fourth-order valence-corrected chi connectivity index (χ4v) is 0.632. The number of hydrogen-bond acceptors (Lipinski definition) is 3. The van der Waals surface area contributed by atoms with Gasteiger partial charge in [-0.3, -0.25) is 4.79 Å². The molecule has 0 saturated heterocycles. The maximum atomic E-state index is 12.6. The predicted octanol–water partition coefficient (Wildman–Crippen LogP) is 1.38. The number of halogens is 2. The van der Waals surface area contributed by atoms with Crippen molar-refractivity contribution in [2.24, 2.45) is 0 Å². The summed E-state index contributed by atoms with van der Waals surface area (Å²) in [6.07, 6.45) is 0.0704. The van der Waals surface area contributed by atoms with Crippen molar-refractivity contribution in [1.29, 1.82) is 0 Å². The SMILES string of the molecule is COc1c(F)oc(C=O)c1F. The Labute approximate surface area is 60.6 Å². The van der Waals surface area contributed by atoms with Crippen LogP contribution in [0.2, 0.25) is 0 Å². The van der Waals surface area contributed by atoms with Gasteiger partial charge in [0.2, 0.25) is 17.3 Å². The first-order chi connectivity index (χ1) is 5.20. The molecule has 0 saturated carbocycles. The predicted molar refractivity (Wildman–Crippen MR) is 30.6 cm³/mol. The van der Waals surface area contributed by atoms with Gasteiger partial charge in [0.1, 0.15) is 0 Å². The van der Waals surface area contributed by atoms with Crippen molar-refractivity contribution in [1.82, 2.24) is 0 Å². The van der Waals surface area contributed by atoms with Crippen molar-refractivity contribution in [2.75, 3.05) is 7.11 Å². The zero-order valence-corrected chi connectivity index (χ0v) is 5.56. The fourth-order valence-electron chi connectivity index (χ4n) is 0.632. The van der Waals surface area contributed by atoms with Crippen LogP contribution >= 0.6 is 0 Å². The zero-order valence-electron chi connectivity index (χ0n) is 5.56. The Hall–Kier alpha value is -1.39. The molecule has 0 atom stereocenters. The highest BCUT2D eigenvalue weighted by Crippen LogP contribution is 2.25. The molecule has 60 valence electrons. The number of carbonyl (C=O) groups is 1. The number of aldehydes is 1. The number of furan rings is 1. The van der Waals surface area contributed by atoms with E-state index < -0.39 is 23.3 Å². The standard InChI is InChI=1S/C6H4F2O3/c1-10-5-4(7)3(2-9)11-6(5)8/h2H,1H3. The molecular formula is C6H4F2O3. The highest BCUT2D eigenvalue weighted by atomic mass is 19.1. The van der Waals surface area contributed by atoms with E-state index in [1.165, 1.54) is 0 Å². The van der Waals surface area contributed by atoms with E-state index in [1.54, 1.807) is 0 Å². The Bertz CT molecular complexity index is 280. The summed E-state index contributed by atoms with van der Waals surface area (Å²) in [6, 6.07) is -1.23. The van der Waals surface area contributed by atoms with Crippen LogP contribution in [0.3, 0.4) is 0 Å². The Morgan fingerprint density at radius 2 is 2.18 bits per heavy atom. The number of hydrogen-bond donors (Lipinski definition) is 0. The topological polar surface area (TPSA) is 39.4 Å². The van der Waals surface area contributed by atoms with Gasteiger partial charge in [-0.1, -0.05) is 0 Å². The first kappa shape index (κ1) is 7.71. The van der Waals surface area contributed by atoms with Crippen LogP contribution in [0, 0.1) is 11.8 Å². The number of carbonyl (C=O) groups excluding carboxylic acids is 1. The molecule has 3 nitrogen and oxygen atoms in total. The molecule has 1 rings (SSSR count). The first-order valence-corrected chi connectivity index (χ1v) is 2.67. The molecule has 1 aromatic rings. The molecule has 0 aromatic carbocycles. The van der Waals surface area contributed by atoms with Crippen LogP contribution in [0.1, 0.15) is 10.6 Å². The minimum absolute atomic E-state index is 0.0704. The summed E-state index contributed by atoms with van der Waals surface area (Å²) in [5.41, 5.74) is 0. The van der Waals surface area contributed by atoms with Gasteiger partial charge in [0.05, 0.1) is 7.11 Å². The molecule has 0 unspecified atom stereocenters. The second kappa shape index (κ2) is 2.69. The highest BCUT2D eigenvalue weighted by molar-refractivity contribution is 5.71. The number of rotatable bonds is 2. The molecule has 0 radical (unpaired) electrons. The monoisotopic (exact) mass is 162 g/mol. The largest absolute Gasteiger partial charge is 0.488 e. The van der Waals surface area contributed by atoms with Gasteiger partial charge in [0, 0.05) is 0 Å². The first-order valence-electron chi connectivity index (χ1n) is 2.67. The van der Waals surface area contributed by atoms with Crippen LogP contribution in [0.15, 0.2) is 4.42 Å². The Kier molecular flexibility index (Phi) is 1.89. The van der Waals surface area contributed by atoms with Gasteiger partial charge in [0.15, 0.2) is 6.29 Å². The van der Waals surface area contributed by atoms with Crippen LogP contribution in [0.5, 0.6) is 5.75 Å². The molecule has 0 spiro atoms. The van der Waals surface area contributed by atoms with Crippen molar-refractivity contribution >= 4 is 6.29 Å². The summed E-state index contributed by atoms with van der Waals surface area (Å²) in [7, 11) is 1.07. The lowest BCUT2D eigenvalue weighted by atomic mass is 10.4. The molecule has 0 amide bonds.